The molecule has 2 aliphatic rings. The van der Waals surface area contributed by atoms with Crippen molar-refractivity contribution in [3.05, 3.63) is 30.1 Å². The summed E-state index contributed by atoms with van der Waals surface area (Å²) in [6.45, 7) is 2.47. The minimum absolute atomic E-state index is 0.0188. The minimum atomic E-state index is -0.619. The Bertz CT molecular complexity index is 658. The number of hydrogen-bond acceptors (Lipinski definition) is 5. The van der Waals surface area contributed by atoms with E-state index in [0.29, 0.717) is 13.0 Å². The van der Waals surface area contributed by atoms with E-state index in [4.69, 9.17) is 0 Å². The third-order valence-electron chi connectivity index (χ3n) is 5.06. The maximum atomic E-state index is 12.9. The summed E-state index contributed by atoms with van der Waals surface area (Å²) in [5.74, 6) is -0.340. The number of piperidine rings is 1. The predicted molar refractivity (Wildman–Crippen MR) is 95.0 cm³/mol. The zero-order valence-corrected chi connectivity index (χ0v) is 15.0. The molecule has 2 N–H and O–H groups in total. The summed E-state index contributed by atoms with van der Waals surface area (Å²) in [7, 11) is 2.09. The lowest BCUT2D eigenvalue weighted by Crippen LogP contribution is -2.46. The molecular formula is C18H25N5O3. The van der Waals surface area contributed by atoms with E-state index >= 15 is 0 Å². The second kappa shape index (κ2) is 8.27. The topological polar surface area (TPSA) is 94.6 Å². The maximum absolute atomic E-state index is 12.9. The summed E-state index contributed by atoms with van der Waals surface area (Å²) >= 11 is 0. The van der Waals surface area contributed by atoms with Gasteiger partial charge in [-0.1, -0.05) is 0 Å². The molecule has 0 saturated carbocycles. The molecule has 3 rings (SSSR count). The molecule has 1 aromatic rings. The number of carbonyl (C=O) groups excluding carboxylic acids is 3. The predicted octanol–water partition coefficient (Wildman–Crippen LogP) is 0.493. The van der Waals surface area contributed by atoms with Crippen LogP contribution in [0.15, 0.2) is 24.5 Å². The van der Waals surface area contributed by atoms with E-state index < -0.39 is 12.1 Å². The smallest absolute Gasteiger partial charge is 0.322 e. The van der Waals surface area contributed by atoms with Gasteiger partial charge in [0.05, 0.1) is 0 Å². The van der Waals surface area contributed by atoms with Crippen molar-refractivity contribution in [2.24, 2.45) is 0 Å². The first kappa shape index (κ1) is 18.3. The number of nitrogens with zero attached hydrogens (tertiary/aromatic N) is 3. The van der Waals surface area contributed by atoms with E-state index in [9.17, 15) is 14.4 Å². The van der Waals surface area contributed by atoms with Crippen LogP contribution >= 0.6 is 0 Å². The molecule has 0 aliphatic carbocycles. The number of aromatic nitrogens is 1. The van der Waals surface area contributed by atoms with Crippen LogP contribution < -0.4 is 10.6 Å². The highest BCUT2D eigenvalue weighted by Crippen LogP contribution is 2.20. The molecule has 140 valence electrons. The molecule has 2 saturated heterocycles. The van der Waals surface area contributed by atoms with Crippen LogP contribution in [0.25, 0.3) is 0 Å². The molecule has 0 radical (unpaired) electrons. The standard InChI is InChI=1S/C18H25N5O3/c1-22-10-6-14(7-11-22)23(12-13-4-8-19-9-5-13)16(24)3-2-15-17(25)21-18(26)20-15/h4-5,8-9,14-15H,2-3,6-7,10-12H2,1H3,(H2,20,21,25,26)/t15-/m0/s1. The molecule has 0 bridgehead atoms. The van der Waals surface area contributed by atoms with Crippen molar-refractivity contribution in [1.82, 2.24) is 25.4 Å². The van der Waals surface area contributed by atoms with Gasteiger partial charge in [0, 0.05) is 31.4 Å². The van der Waals surface area contributed by atoms with E-state index in [-0.39, 0.29) is 24.3 Å². The van der Waals surface area contributed by atoms with Crippen LogP contribution in [0.1, 0.15) is 31.2 Å². The van der Waals surface area contributed by atoms with Gasteiger partial charge in [0.15, 0.2) is 0 Å². The fourth-order valence-corrected chi connectivity index (χ4v) is 3.49. The van der Waals surface area contributed by atoms with Gasteiger partial charge < -0.3 is 15.1 Å². The van der Waals surface area contributed by atoms with Gasteiger partial charge in [0.2, 0.25) is 5.91 Å². The number of imide groups is 1. The number of pyridine rings is 1. The van der Waals surface area contributed by atoms with Crippen molar-refractivity contribution in [1.29, 1.82) is 0 Å². The molecule has 4 amide bonds. The molecule has 0 aromatic carbocycles. The van der Waals surface area contributed by atoms with Crippen LogP contribution in [0.2, 0.25) is 0 Å². The fourth-order valence-electron chi connectivity index (χ4n) is 3.49. The van der Waals surface area contributed by atoms with Crippen molar-refractivity contribution in [2.45, 2.75) is 44.3 Å². The summed E-state index contributed by atoms with van der Waals surface area (Å²) in [6, 6.07) is 2.92. The summed E-state index contributed by atoms with van der Waals surface area (Å²) in [5.41, 5.74) is 1.04. The summed E-state index contributed by atoms with van der Waals surface area (Å²) in [5, 5.41) is 4.75. The molecule has 0 unspecified atom stereocenters. The first-order valence-electron chi connectivity index (χ1n) is 9.01. The van der Waals surface area contributed by atoms with Gasteiger partial charge in [0.1, 0.15) is 6.04 Å². The maximum Gasteiger partial charge on any atom is 0.322 e. The van der Waals surface area contributed by atoms with Gasteiger partial charge in [-0.05, 0) is 57.1 Å². The fraction of sp³-hybridized carbons (Fsp3) is 0.556. The molecule has 3 heterocycles. The number of carbonyl (C=O) groups is 3. The van der Waals surface area contributed by atoms with Gasteiger partial charge >= 0.3 is 6.03 Å². The minimum Gasteiger partial charge on any atom is -0.335 e. The molecule has 2 aliphatic heterocycles. The third kappa shape index (κ3) is 4.57. The van der Waals surface area contributed by atoms with Crippen molar-refractivity contribution < 1.29 is 14.4 Å². The van der Waals surface area contributed by atoms with Gasteiger partial charge in [-0.15, -0.1) is 0 Å². The Labute approximate surface area is 152 Å². The Morgan fingerprint density at radius 3 is 2.58 bits per heavy atom. The van der Waals surface area contributed by atoms with E-state index in [0.717, 1.165) is 31.5 Å². The molecular weight excluding hydrogens is 334 g/mol. The molecule has 26 heavy (non-hydrogen) atoms. The number of nitrogens with one attached hydrogen (secondary N) is 2. The largest absolute Gasteiger partial charge is 0.335 e. The monoisotopic (exact) mass is 359 g/mol. The number of likely N-dealkylation sites (tertiary alicyclic amines) is 1. The highest BCUT2D eigenvalue weighted by molar-refractivity contribution is 6.04. The molecule has 8 heteroatoms. The number of urea groups is 1. The lowest BCUT2D eigenvalue weighted by atomic mass is 10.0. The van der Waals surface area contributed by atoms with Crippen LogP contribution in [0.4, 0.5) is 4.79 Å². The van der Waals surface area contributed by atoms with E-state index in [1.165, 1.54) is 0 Å². The summed E-state index contributed by atoms with van der Waals surface area (Å²) < 4.78 is 0. The van der Waals surface area contributed by atoms with Crippen LogP contribution in [0, 0.1) is 0 Å². The molecule has 1 aromatic heterocycles. The first-order valence-corrected chi connectivity index (χ1v) is 9.01. The summed E-state index contributed by atoms with van der Waals surface area (Å²) in [4.78, 5) is 44.0. The van der Waals surface area contributed by atoms with Gasteiger partial charge in [0.25, 0.3) is 5.91 Å². The average Bonchev–Trinajstić information content (AvgIpc) is 2.97. The lowest BCUT2D eigenvalue weighted by Gasteiger charge is -2.37. The van der Waals surface area contributed by atoms with Gasteiger partial charge in [-0.25, -0.2) is 4.79 Å². The zero-order valence-electron chi connectivity index (χ0n) is 15.0. The van der Waals surface area contributed by atoms with Crippen LogP contribution in [-0.4, -0.2) is 64.9 Å². The van der Waals surface area contributed by atoms with Crippen LogP contribution in [-0.2, 0) is 16.1 Å². The second-order valence-electron chi connectivity index (χ2n) is 6.97. The quantitative estimate of drug-likeness (QED) is 0.721. The van der Waals surface area contributed by atoms with E-state index in [1.807, 2.05) is 17.0 Å². The normalized spacial score (nSPS) is 21.3. The van der Waals surface area contributed by atoms with Crippen LogP contribution in [0.5, 0.6) is 0 Å². The number of hydrogen-bond donors (Lipinski definition) is 2. The highest BCUT2D eigenvalue weighted by Gasteiger charge is 2.32. The van der Waals surface area contributed by atoms with Gasteiger partial charge in [-0.2, -0.15) is 0 Å². The van der Waals surface area contributed by atoms with Crippen molar-refractivity contribution in [3.8, 4) is 0 Å². The van der Waals surface area contributed by atoms with Crippen molar-refractivity contribution in [2.75, 3.05) is 20.1 Å². The number of amides is 4. The van der Waals surface area contributed by atoms with Crippen LogP contribution in [0.3, 0.4) is 0 Å². The van der Waals surface area contributed by atoms with E-state index in [2.05, 4.69) is 27.6 Å². The Morgan fingerprint density at radius 2 is 1.96 bits per heavy atom. The van der Waals surface area contributed by atoms with E-state index in [1.54, 1.807) is 12.4 Å². The lowest BCUT2D eigenvalue weighted by molar-refractivity contribution is -0.135. The second-order valence-corrected chi connectivity index (χ2v) is 6.97. The Kier molecular flexibility index (Phi) is 5.82. The SMILES string of the molecule is CN1CCC(N(Cc2ccncc2)C(=O)CC[C@@H]2NC(=O)NC2=O)CC1. The molecule has 0 spiro atoms. The molecule has 1 atom stereocenters. The third-order valence-corrected chi connectivity index (χ3v) is 5.06. The van der Waals surface area contributed by atoms with Gasteiger partial charge in [-0.3, -0.25) is 19.9 Å². The summed E-state index contributed by atoms with van der Waals surface area (Å²) in [6.07, 6.45) is 5.88. The molecule has 2 fully saturated rings. The highest BCUT2D eigenvalue weighted by atomic mass is 16.2. The Balaban J connectivity index is 1.64. The Morgan fingerprint density at radius 1 is 1.27 bits per heavy atom. The average molecular weight is 359 g/mol. The first-order chi connectivity index (χ1) is 12.5. The van der Waals surface area contributed by atoms with Crippen molar-refractivity contribution in [3.63, 3.8) is 0 Å². The Hall–Kier alpha value is -2.48. The number of rotatable bonds is 6. The molecule has 8 nitrogen and oxygen atoms in total. The van der Waals surface area contributed by atoms with Crippen molar-refractivity contribution >= 4 is 17.8 Å². The zero-order chi connectivity index (χ0) is 18.5.